The van der Waals surface area contributed by atoms with Crippen molar-refractivity contribution >= 4 is 34.0 Å². The van der Waals surface area contributed by atoms with E-state index in [1.54, 1.807) is 26.4 Å². The van der Waals surface area contributed by atoms with Gasteiger partial charge in [-0.2, -0.15) is 10.1 Å². The predicted molar refractivity (Wildman–Crippen MR) is 101 cm³/mol. The Hall–Kier alpha value is -2.15. The lowest BCUT2D eigenvalue weighted by Crippen LogP contribution is -2.40. The van der Waals surface area contributed by atoms with Gasteiger partial charge in [0.1, 0.15) is 11.5 Å². The van der Waals surface area contributed by atoms with Crippen molar-refractivity contribution in [1.82, 2.24) is 5.01 Å². The van der Waals surface area contributed by atoms with E-state index in [0.717, 1.165) is 15.9 Å². The highest BCUT2D eigenvalue weighted by Gasteiger charge is 2.67. The lowest BCUT2D eigenvalue weighted by atomic mass is 9.63. The Morgan fingerprint density at radius 2 is 1.63 bits per heavy atom. The summed E-state index contributed by atoms with van der Waals surface area (Å²) in [7, 11) is 3.12. The van der Waals surface area contributed by atoms with Gasteiger partial charge in [0, 0.05) is 11.6 Å². The van der Waals surface area contributed by atoms with E-state index in [1.165, 1.54) is 6.21 Å². The van der Waals surface area contributed by atoms with Crippen LogP contribution in [-0.2, 0) is 9.59 Å². The number of carbonyl (C=O) groups excluding carboxylic acids is 2. The minimum atomic E-state index is -0.238. The number of rotatable bonds is 4. The van der Waals surface area contributed by atoms with E-state index >= 15 is 0 Å². The molecule has 7 heteroatoms. The molecule has 140 valence electrons. The van der Waals surface area contributed by atoms with Gasteiger partial charge in [-0.05, 0) is 52.1 Å². The van der Waals surface area contributed by atoms with Crippen molar-refractivity contribution in [3.8, 4) is 11.5 Å². The van der Waals surface area contributed by atoms with Gasteiger partial charge in [-0.25, -0.2) is 0 Å². The van der Waals surface area contributed by atoms with Crippen LogP contribution in [0.4, 0.5) is 0 Å². The van der Waals surface area contributed by atoms with E-state index in [4.69, 9.17) is 9.47 Å². The molecule has 1 aliphatic heterocycles. The molecule has 0 spiro atoms. The molecule has 6 nitrogen and oxygen atoms in total. The van der Waals surface area contributed by atoms with Gasteiger partial charge in [0.05, 0.1) is 36.7 Å². The molecule has 6 rings (SSSR count). The number of carbonyl (C=O) groups is 2. The minimum absolute atomic E-state index is 0.169. The Morgan fingerprint density at radius 3 is 2.19 bits per heavy atom. The lowest BCUT2D eigenvalue weighted by Gasteiger charge is -2.37. The summed E-state index contributed by atoms with van der Waals surface area (Å²) in [6.45, 7) is 0. The summed E-state index contributed by atoms with van der Waals surface area (Å²) in [5.41, 5.74) is 0.657. The Balaban J connectivity index is 1.45. The van der Waals surface area contributed by atoms with Crippen LogP contribution >= 0.6 is 15.9 Å². The number of nitrogens with zero attached hydrogens (tertiary/aromatic N) is 2. The van der Waals surface area contributed by atoms with E-state index in [-0.39, 0.29) is 35.5 Å². The van der Waals surface area contributed by atoms with E-state index < -0.39 is 0 Å². The van der Waals surface area contributed by atoms with Crippen molar-refractivity contribution in [2.24, 2.45) is 40.6 Å². The van der Waals surface area contributed by atoms with Gasteiger partial charge < -0.3 is 9.47 Å². The average molecular weight is 431 g/mol. The molecule has 5 aliphatic rings. The second-order valence-electron chi connectivity index (χ2n) is 7.62. The van der Waals surface area contributed by atoms with Gasteiger partial charge in [-0.3, -0.25) is 9.59 Å². The number of hydrazone groups is 1. The second-order valence-corrected chi connectivity index (χ2v) is 8.47. The molecule has 0 aromatic heterocycles. The third-order valence-corrected chi connectivity index (χ3v) is 7.08. The first-order chi connectivity index (χ1) is 13.0. The Bertz CT molecular complexity index is 875. The van der Waals surface area contributed by atoms with Crippen molar-refractivity contribution < 1.29 is 19.1 Å². The van der Waals surface area contributed by atoms with Crippen LogP contribution in [0.1, 0.15) is 12.0 Å². The number of hydrogen-bond acceptors (Lipinski definition) is 5. The van der Waals surface area contributed by atoms with E-state index in [2.05, 4.69) is 33.2 Å². The first-order valence-corrected chi connectivity index (χ1v) is 9.86. The van der Waals surface area contributed by atoms with Crippen molar-refractivity contribution in [2.75, 3.05) is 14.2 Å². The molecule has 2 bridgehead atoms. The standard InChI is InChI=1S/C20H19BrN2O4/c1-26-15-7-16(27-2)14(21)5-9(15)8-22-23-19(24)17-10-3-4-11(13-6-12(10)13)18(17)20(23)25/h3-5,7-8,10-13,17-18H,6H2,1-2H3/b22-8-/t10-,11-,12-,13+,17-,18+/m0/s1. The molecular weight excluding hydrogens is 412 g/mol. The molecule has 27 heavy (non-hydrogen) atoms. The summed E-state index contributed by atoms with van der Waals surface area (Å²) in [4.78, 5) is 25.9. The Labute approximate surface area is 165 Å². The smallest absolute Gasteiger partial charge is 0.254 e. The normalized spacial score (nSPS) is 35.6. The molecule has 2 amide bonds. The quantitative estimate of drug-likeness (QED) is 0.418. The summed E-state index contributed by atoms with van der Waals surface area (Å²) >= 11 is 3.44. The maximum atomic E-state index is 12.9. The third kappa shape index (κ3) is 2.33. The summed E-state index contributed by atoms with van der Waals surface area (Å²) in [6, 6.07) is 3.52. The fourth-order valence-corrected chi connectivity index (χ4v) is 5.68. The minimum Gasteiger partial charge on any atom is -0.496 e. The van der Waals surface area contributed by atoms with Crippen LogP contribution in [0, 0.1) is 35.5 Å². The molecule has 4 aliphatic carbocycles. The third-order valence-electron chi connectivity index (χ3n) is 6.46. The zero-order chi connectivity index (χ0) is 18.9. The summed E-state index contributed by atoms with van der Waals surface area (Å²) < 4.78 is 11.4. The van der Waals surface area contributed by atoms with Crippen LogP contribution in [0.15, 0.2) is 33.9 Å². The fraction of sp³-hybridized carbons (Fsp3) is 0.450. The molecule has 1 aromatic rings. The molecule has 1 heterocycles. The molecule has 3 fully saturated rings. The van der Waals surface area contributed by atoms with Crippen LogP contribution in [0.3, 0.4) is 0 Å². The van der Waals surface area contributed by atoms with E-state index in [1.807, 2.05) is 0 Å². The van der Waals surface area contributed by atoms with Crippen LogP contribution in [0.5, 0.6) is 11.5 Å². The second kappa shape index (κ2) is 5.92. The van der Waals surface area contributed by atoms with Gasteiger partial charge in [0.15, 0.2) is 0 Å². The van der Waals surface area contributed by atoms with Gasteiger partial charge in [-0.15, -0.1) is 0 Å². The molecular formula is C20H19BrN2O4. The van der Waals surface area contributed by atoms with Crippen LogP contribution in [0.25, 0.3) is 0 Å². The molecule has 0 N–H and O–H groups in total. The van der Waals surface area contributed by atoms with E-state index in [0.29, 0.717) is 28.9 Å². The van der Waals surface area contributed by atoms with Gasteiger partial charge >= 0.3 is 0 Å². The van der Waals surface area contributed by atoms with Crippen molar-refractivity contribution in [3.05, 3.63) is 34.3 Å². The number of benzene rings is 1. The van der Waals surface area contributed by atoms with Crippen LogP contribution < -0.4 is 9.47 Å². The average Bonchev–Trinajstić information content (AvgIpc) is 3.45. The summed E-state index contributed by atoms with van der Waals surface area (Å²) in [5.74, 6) is 1.94. The first kappa shape index (κ1) is 17.0. The highest BCUT2D eigenvalue weighted by atomic mass is 79.9. The van der Waals surface area contributed by atoms with Crippen molar-refractivity contribution in [3.63, 3.8) is 0 Å². The highest BCUT2D eigenvalue weighted by Crippen LogP contribution is 2.65. The lowest BCUT2D eigenvalue weighted by molar-refractivity contribution is -0.140. The van der Waals surface area contributed by atoms with Crippen molar-refractivity contribution in [1.29, 1.82) is 0 Å². The fourth-order valence-electron chi connectivity index (χ4n) is 5.16. The topological polar surface area (TPSA) is 68.2 Å². The SMILES string of the molecule is COc1cc(OC)c(/C=N\N2C(=O)[C@@H]3[C@H]4C=C[C@@H]([C@@H]5C[C@H]45)[C@@H]3C2=O)cc1Br. The zero-order valence-corrected chi connectivity index (χ0v) is 16.5. The van der Waals surface area contributed by atoms with Crippen LogP contribution in [0.2, 0.25) is 0 Å². The number of hydrogen-bond donors (Lipinski definition) is 0. The molecule has 6 atom stereocenters. The summed E-state index contributed by atoms with van der Waals surface area (Å²) in [5, 5.41) is 5.34. The summed E-state index contributed by atoms with van der Waals surface area (Å²) in [6.07, 6.45) is 6.96. The maximum absolute atomic E-state index is 12.9. The van der Waals surface area contributed by atoms with Crippen molar-refractivity contribution in [2.45, 2.75) is 6.42 Å². The number of halogens is 1. The number of imide groups is 1. The van der Waals surface area contributed by atoms with E-state index in [9.17, 15) is 9.59 Å². The molecule has 2 saturated carbocycles. The molecule has 0 unspecified atom stereocenters. The number of ether oxygens (including phenoxy) is 2. The van der Waals surface area contributed by atoms with Crippen LogP contribution in [-0.4, -0.2) is 37.3 Å². The van der Waals surface area contributed by atoms with Gasteiger partial charge in [0.25, 0.3) is 11.8 Å². The predicted octanol–water partition coefficient (Wildman–Crippen LogP) is 2.85. The largest absolute Gasteiger partial charge is 0.496 e. The maximum Gasteiger partial charge on any atom is 0.254 e. The monoisotopic (exact) mass is 430 g/mol. The first-order valence-electron chi connectivity index (χ1n) is 9.06. The number of amides is 2. The number of methoxy groups -OCH3 is 2. The molecule has 1 saturated heterocycles. The molecule has 0 radical (unpaired) electrons. The highest BCUT2D eigenvalue weighted by molar-refractivity contribution is 9.10. The van der Waals surface area contributed by atoms with Gasteiger partial charge in [0.2, 0.25) is 0 Å². The van der Waals surface area contributed by atoms with Gasteiger partial charge in [-0.1, -0.05) is 12.2 Å². The number of allylic oxidation sites excluding steroid dienone is 2. The molecule has 1 aromatic carbocycles. The zero-order valence-electron chi connectivity index (χ0n) is 15.0. The Morgan fingerprint density at radius 1 is 1.04 bits per heavy atom. The Kier molecular flexibility index (Phi) is 3.73.